The molecule has 0 spiro atoms. The summed E-state index contributed by atoms with van der Waals surface area (Å²) in [7, 11) is 0. The van der Waals surface area contributed by atoms with E-state index in [1.165, 1.54) is 0 Å². The van der Waals surface area contributed by atoms with Crippen molar-refractivity contribution < 1.29 is 18.7 Å². The number of allylic oxidation sites excluding steroid dienone is 1. The van der Waals surface area contributed by atoms with Crippen molar-refractivity contribution in [3.63, 3.8) is 0 Å². The molecule has 5 rings (SSSR count). The second-order valence-electron chi connectivity index (χ2n) is 8.50. The number of rotatable bonds is 1. The molecule has 4 nitrogen and oxygen atoms in total. The molecule has 24 heavy (non-hydrogen) atoms. The molecule has 0 amide bonds. The number of hydrogen-bond donors (Lipinski definition) is 0. The number of ether oxygens (including phenoxy) is 2. The van der Waals surface area contributed by atoms with E-state index in [0.717, 1.165) is 30.4 Å². The molecular formula is C20H24O4. The highest BCUT2D eigenvalue weighted by atomic mass is 16.6. The van der Waals surface area contributed by atoms with Crippen molar-refractivity contribution in [2.75, 3.05) is 0 Å². The van der Waals surface area contributed by atoms with Gasteiger partial charge < -0.3 is 13.9 Å². The molecule has 1 saturated carbocycles. The molecule has 2 saturated heterocycles. The maximum absolute atomic E-state index is 12.5. The number of esters is 1. The number of furan rings is 1. The van der Waals surface area contributed by atoms with Crippen molar-refractivity contribution >= 4 is 5.97 Å². The van der Waals surface area contributed by atoms with Crippen molar-refractivity contribution in [1.29, 1.82) is 0 Å². The van der Waals surface area contributed by atoms with Gasteiger partial charge in [0.2, 0.25) is 0 Å². The molecule has 1 aromatic rings. The van der Waals surface area contributed by atoms with E-state index in [4.69, 9.17) is 13.9 Å². The normalized spacial score (nSPS) is 49.4. The van der Waals surface area contributed by atoms with E-state index in [2.05, 4.69) is 26.8 Å². The average molecular weight is 328 g/mol. The maximum Gasteiger partial charge on any atom is 0.334 e. The predicted octanol–water partition coefficient (Wildman–Crippen LogP) is 4.03. The third kappa shape index (κ3) is 1.56. The molecule has 2 bridgehead atoms. The highest BCUT2D eigenvalue weighted by molar-refractivity contribution is 5.93. The van der Waals surface area contributed by atoms with Crippen LogP contribution in [-0.4, -0.2) is 18.2 Å². The Hall–Kier alpha value is -1.55. The standard InChI is InChI=1S/C20H24O4/c1-11-16-17-20(3)13(18(21)24-17)5-4-6-15(20)19(11,2)9-14(23-16)12-7-8-22-10-12/h5,7-8,10-11,14-17H,4,6,9H2,1-3H3/t11-,14+,15-,16-,17-,19+,20+/m1/s1. The molecule has 0 radical (unpaired) electrons. The van der Waals surface area contributed by atoms with Crippen LogP contribution in [0.1, 0.15) is 51.7 Å². The summed E-state index contributed by atoms with van der Waals surface area (Å²) in [5.74, 6) is 0.694. The molecule has 1 aromatic heterocycles. The van der Waals surface area contributed by atoms with Crippen LogP contribution >= 0.6 is 0 Å². The zero-order valence-corrected chi connectivity index (χ0v) is 14.5. The molecule has 2 aliphatic carbocycles. The van der Waals surface area contributed by atoms with Crippen LogP contribution in [0.25, 0.3) is 0 Å². The van der Waals surface area contributed by atoms with E-state index in [1.807, 2.05) is 6.07 Å². The van der Waals surface area contributed by atoms with E-state index >= 15 is 0 Å². The molecule has 3 fully saturated rings. The SMILES string of the molecule is C[C@@H]1[C@H]2O[C@H](c3ccoc3)C[C@]1(C)[C@H]1CCC=C3C(=O)O[C@H]2[C@@]31C. The number of hydrogen-bond acceptors (Lipinski definition) is 4. The first kappa shape index (κ1) is 14.8. The van der Waals surface area contributed by atoms with E-state index < -0.39 is 0 Å². The van der Waals surface area contributed by atoms with Gasteiger partial charge in [-0.15, -0.1) is 0 Å². The van der Waals surface area contributed by atoms with Gasteiger partial charge in [-0.2, -0.15) is 0 Å². The van der Waals surface area contributed by atoms with Gasteiger partial charge in [-0.1, -0.05) is 26.8 Å². The number of fused-ring (bicyclic) bond motifs is 4. The lowest BCUT2D eigenvalue weighted by Crippen LogP contribution is -2.64. The van der Waals surface area contributed by atoms with Crippen LogP contribution in [0.5, 0.6) is 0 Å². The Kier molecular flexibility index (Phi) is 2.79. The first-order valence-corrected chi connectivity index (χ1v) is 9.05. The molecule has 0 N–H and O–H groups in total. The summed E-state index contributed by atoms with van der Waals surface area (Å²) in [6.07, 6.45) is 8.47. The minimum absolute atomic E-state index is 0.0214. The van der Waals surface area contributed by atoms with Gasteiger partial charge in [0.1, 0.15) is 6.10 Å². The zero-order chi connectivity index (χ0) is 16.7. The Labute approximate surface area is 142 Å². The third-order valence-corrected chi connectivity index (χ3v) is 7.64. The summed E-state index contributed by atoms with van der Waals surface area (Å²) in [5, 5.41) is 0. The fourth-order valence-corrected chi connectivity index (χ4v) is 6.24. The van der Waals surface area contributed by atoms with Gasteiger partial charge in [0, 0.05) is 16.6 Å². The molecule has 4 heteroatoms. The molecule has 3 heterocycles. The fourth-order valence-electron chi connectivity index (χ4n) is 6.24. The quantitative estimate of drug-likeness (QED) is 0.730. The average Bonchev–Trinajstić information content (AvgIpc) is 3.16. The van der Waals surface area contributed by atoms with Crippen molar-refractivity contribution in [3.05, 3.63) is 35.8 Å². The maximum atomic E-state index is 12.5. The van der Waals surface area contributed by atoms with Gasteiger partial charge >= 0.3 is 5.97 Å². The molecule has 128 valence electrons. The van der Waals surface area contributed by atoms with E-state index in [1.54, 1.807) is 12.5 Å². The molecule has 7 atom stereocenters. The highest BCUT2D eigenvalue weighted by Crippen LogP contribution is 2.68. The fraction of sp³-hybridized carbons (Fsp3) is 0.650. The monoisotopic (exact) mass is 328 g/mol. The lowest BCUT2D eigenvalue weighted by atomic mass is 9.44. The highest BCUT2D eigenvalue weighted by Gasteiger charge is 2.70. The summed E-state index contributed by atoms with van der Waals surface area (Å²) < 4.78 is 17.7. The van der Waals surface area contributed by atoms with Gasteiger partial charge in [-0.3, -0.25) is 0 Å². The van der Waals surface area contributed by atoms with Gasteiger partial charge in [0.25, 0.3) is 0 Å². The van der Waals surface area contributed by atoms with Crippen LogP contribution in [0, 0.1) is 22.7 Å². The van der Waals surface area contributed by atoms with E-state index in [9.17, 15) is 4.79 Å². The molecular weight excluding hydrogens is 304 g/mol. The summed E-state index contributed by atoms with van der Waals surface area (Å²) in [4.78, 5) is 12.5. The summed E-state index contributed by atoms with van der Waals surface area (Å²) in [6, 6.07) is 1.99. The van der Waals surface area contributed by atoms with Crippen molar-refractivity contribution in [1.82, 2.24) is 0 Å². The van der Waals surface area contributed by atoms with Crippen LogP contribution in [0.4, 0.5) is 0 Å². The van der Waals surface area contributed by atoms with Crippen LogP contribution in [-0.2, 0) is 14.3 Å². The third-order valence-electron chi connectivity index (χ3n) is 7.64. The molecule has 4 aliphatic rings. The summed E-state index contributed by atoms with van der Waals surface area (Å²) in [6.45, 7) is 6.91. The molecule has 0 unspecified atom stereocenters. The van der Waals surface area contributed by atoms with E-state index in [-0.39, 0.29) is 35.1 Å². The Morgan fingerprint density at radius 2 is 2.12 bits per heavy atom. The van der Waals surface area contributed by atoms with Crippen molar-refractivity contribution in [3.8, 4) is 0 Å². The van der Waals surface area contributed by atoms with E-state index in [0.29, 0.717) is 11.8 Å². The zero-order valence-electron chi connectivity index (χ0n) is 14.5. The Bertz CT molecular complexity index is 720. The Morgan fingerprint density at radius 3 is 2.88 bits per heavy atom. The lowest BCUT2D eigenvalue weighted by molar-refractivity contribution is -0.256. The van der Waals surface area contributed by atoms with Crippen LogP contribution in [0.2, 0.25) is 0 Å². The van der Waals surface area contributed by atoms with Crippen LogP contribution in [0.15, 0.2) is 34.7 Å². The van der Waals surface area contributed by atoms with Gasteiger partial charge in [-0.25, -0.2) is 4.79 Å². The van der Waals surface area contributed by atoms with Gasteiger partial charge in [0.15, 0.2) is 0 Å². The Morgan fingerprint density at radius 1 is 1.29 bits per heavy atom. The first-order chi connectivity index (χ1) is 11.5. The van der Waals surface area contributed by atoms with Gasteiger partial charge in [-0.05, 0) is 42.6 Å². The number of carbonyl (C=O) groups is 1. The van der Waals surface area contributed by atoms with Crippen LogP contribution < -0.4 is 0 Å². The lowest BCUT2D eigenvalue weighted by Gasteiger charge is -2.63. The predicted molar refractivity (Wildman–Crippen MR) is 87.0 cm³/mol. The Balaban J connectivity index is 1.64. The van der Waals surface area contributed by atoms with Crippen molar-refractivity contribution in [2.24, 2.45) is 22.7 Å². The van der Waals surface area contributed by atoms with Gasteiger partial charge in [0.05, 0.1) is 24.7 Å². The summed E-state index contributed by atoms with van der Waals surface area (Å²) in [5.41, 5.74) is 1.92. The smallest absolute Gasteiger partial charge is 0.334 e. The minimum Gasteiger partial charge on any atom is -0.472 e. The van der Waals surface area contributed by atoms with Crippen molar-refractivity contribution in [2.45, 2.75) is 58.3 Å². The van der Waals surface area contributed by atoms with Crippen LogP contribution in [0.3, 0.4) is 0 Å². The molecule has 2 aliphatic heterocycles. The molecule has 0 aromatic carbocycles. The number of carbonyl (C=O) groups excluding carboxylic acids is 1. The minimum atomic E-state index is -0.206. The summed E-state index contributed by atoms with van der Waals surface area (Å²) >= 11 is 0. The first-order valence-electron chi connectivity index (χ1n) is 9.05. The topological polar surface area (TPSA) is 48.7 Å². The largest absolute Gasteiger partial charge is 0.472 e. The second kappa shape index (κ2) is 4.54. The second-order valence-corrected chi connectivity index (χ2v) is 8.50.